The minimum Gasteiger partial charge on any atom is -0.495 e. The van der Waals surface area contributed by atoms with E-state index in [1.54, 1.807) is 12.1 Å². The summed E-state index contributed by atoms with van der Waals surface area (Å²) < 4.78 is 10.6. The van der Waals surface area contributed by atoms with Crippen molar-refractivity contribution in [3.8, 4) is 23.7 Å². The fourth-order valence-electron chi connectivity index (χ4n) is 3.42. The van der Waals surface area contributed by atoms with E-state index in [4.69, 9.17) is 32.7 Å². The van der Waals surface area contributed by atoms with E-state index in [0.29, 0.717) is 39.3 Å². The molecule has 2 heterocycles. The van der Waals surface area contributed by atoms with Gasteiger partial charge < -0.3 is 14.8 Å². The Balaban J connectivity index is 1.65. The number of anilines is 2. The third kappa shape index (κ3) is 4.91. The van der Waals surface area contributed by atoms with Gasteiger partial charge in [0.1, 0.15) is 11.8 Å². The van der Waals surface area contributed by atoms with Crippen molar-refractivity contribution < 1.29 is 9.47 Å². The van der Waals surface area contributed by atoms with Crippen LogP contribution in [-0.2, 0) is 4.74 Å². The molecule has 4 rings (SSSR count). The zero-order valence-corrected chi connectivity index (χ0v) is 18.9. The van der Waals surface area contributed by atoms with Gasteiger partial charge in [-0.25, -0.2) is 0 Å². The molecule has 0 amide bonds. The van der Waals surface area contributed by atoms with Gasteiger partial charge in [0.25, 0.3) is 0 Å². The van der Waals surface area contributed by atoms with Crippen LogP contribution in [0.5, 0.6) is 5.75 Å². The van der Waals surface area contributed by atoms with E-state index in [9.17, 15) is 5.26 Å². The van der Waals surface area contributed by atoms with E-state index < -0.39 is 0 Å². The first-order chi connectivity index (χ1) is 15.6. The standard InChI is InChI=1S/C24H20Cl2N4O2/c1-31-23-13-22(19(25)12-20(23)26)29-24-17(14-27)15-28-21-11-16(4-5-18(21)24)3-2-6-30-7-9-32-10-8-30/h4-5,11-13,15H,6-10H2,1H3,(H,28,29). The van der Waals surface area contributed by atoms with Crippen LogP contribution in [0.4, 0.5) is 11.4 Å². The lowest BCUT2D eigenvalue weighted by molar-refractivity contribution is 0.0443. The molecule has 0 saturated carbocycles. The Bertz CT molecular complexity index is 1250. The summed E-state index contributed by atoms with van der Waals surface area (Å²) in [4.78, 5) is 6.71. The predicted molar refractivity (Wildman–Crippen MR) is 127 cm³/mol. The highest BCUT2D eigenvalue weighted by molar-refractivity contribution is 6.37. The number of pyridine rings is 1. The molecule has 0 atom stereocenters. The van der Waals surface area contributed by atoms with Gasteiger partial charge in [-0.05, 0) is 24.3 Å². The number of ether oxygens (including phenoxy) is 2. The van der Waals surface area contributed by atoms with Crippen LogP contribution in [-0.4, -0.2) is 49.8 Å². The Morgan fingerprint density at radius 3 is 2.75 bits per heavy atom. The molecule has 1 N–H and O–H groups in total. The van der Waals surface area contributed by atoms with Gasteiger partial charge in [0, 0.05) is 36.3 Å². The molecule has 1 saturated heterocycles. The van der Waals surface area contributed by atoms with Crippen LogP contribution < -0.4 is 10.1 Å². The van der Waals surface area contributed by atoms with E-state index in [-0.39, 0.29) is 0 Å². The normalized spacial score (nSPS) is 13.8. The van der Waals surface area contributed by atoms with Crippen LogP contribution in [0.3, 0.4) is 0 Å². The molecule has 0 unspecified atom stereocenters. The van der Waals surface area contributed by atoms with Gasteiger partial charge in [-0.1, -0.05) is 35.0 Å². The van der Waals surface area contributed by atoms with Crippen molar-refractivity contribution in [1.29, 1.82) is 5.26 Å². The van der Waals surface area contributed by atoms with E-state index in [0.717, 1.165) is 42.8 Å². The molecule has 3 aromatic rings. The first-order valence-electron chi connectivity index (χ1n) is 10.0. The maximum Gasteiger partial charge on any atom is 0.139 e. The summed E-state index contributed by atoms with van der Waals surface area (Å²) in [6.45, 7) is 4.01. The van der Waals surface area contributed by atoms with Gasteiger partial charge in [0.05, 0.1) is 59.4 Å². The van der Waals surface area contributed by atoms with Gasteiger partial charge in [0.2, 0.25) is 0 Å². The summed E-state index contributed by atoms with van der Waals surface area (Å²) in [5, 5.41) is 14.5. The number of nitrogens with zero attached hydrogens (tertiary/aromatic N) is 3. The third-order valence-electron chi connectivity index (χ3n) is 5.13. The van der Waals surface area contributed by atoms with Crippen LogP contribution in [0.15, 0.2) is 36.5 Å². The summed E-state index contributed by atoms with van der Waals surface area (Å²) in [6.07, 6.45) is 1.54. The molecule has 6 nitrogen and oxygen atoms in total. The lowest BCUT2D eigenvalue weighted by Gasteiger charge is -2.24. The maximum atomic E-state index is 9.62. The fraction of sp³-hybridized carbons (Fsp3) is 0.250. The summed E-state index contributed by atoms with van der Waals surface area (Å²) in [6, 6.07) is 11.2. The van der Waals surface area contributed by atoms with Crippen molar-refractivity contribution in [2.75, 3.05) is 45.3 Å². The van der Waals surface area contributed by atoms with Crippen LogP contribution in [0.25, 0.3) is 10.9 Å². The molecule has 2 aromatic carbocycles. The Labute approximate surface area is 196 Å². The van der Waals surface area contributed by atoms with Gasteiger partial charge in [-0.15, -0.1) is 0 Å². The number of morpholine rings is 1. The van der Waals surface area contributed by atoms with E-state index >= 15 is 0 Å². The highest BCUT2D eigenvalue weighted by atomic mass is 35.5. The number of rotatable bonds is 4. The van der Waals surface area contributed by atoms with E-state index in [2.05, 4.69) is 33.1 Å². The highest BCUT2D eigenvalue weighted by Crippen LogP contribution is 2.37. The van der Waals surface area contributed by atoms with Crippen LogP contribution in [0, 0.1) is 23.2 Å². The smallest absolute Gasteiger partial charge is 0.139 e. The molecule has 1 aromatic heterocycles. The second-order valence-corrected chi connectivity index (χ2v) is 7.99. The van der Waals surface area contributed by atoms with Crippen molar-refractivity contribution in [3.05, 3.63) is 57.7 Å². The quantitative estimate of drug-likeness (QED) is 0.554. The predicted octanol–water partition coefficient (Wildman–Crippen LogP) is 4.85. The van der Waals surface area contributed by atoms with Crippen molar-refractivity contribution >= 4 is 45.5 Å². The second-order valence-electron chi connectivity index (χ2n) is 7.17. The molecule has 0 spiro atoms. The van der Waals surface area contributed by atoms with E-state index in [1.807, 2.05) is 18.2 Å². The number of nitrogens with one attached hydrogen (secondary N) is 1. The number of fused-ring (bicyclic) bond motifs is 1. The molecule has 1 aliphatic rings. The van der Waals surface area contributed by atoms with Crippen LogP contribution in [0.2, 0.25) is 10.0 Å². The third-order valence-corrected chi connectivity index (χ3v) is 5.74. The zero-order valence-electron chi connectivity index (χ0n) is 17.4. The van der Waals surface area contributed by atoms with Gasteiger partial charge in [-0.3, -0.25) is 9.88 Å². The number of benzene rings is 2. The number of hydrogen-bond acceptors (Lipinski definition) is 6. The molecule has 0 bridgehead atoms. The first-order valence-corrected chi connectivity index (χ1v) is 10.8. The molecule has 0 radical (unpaired) electrons. The number of nitriles is 1. The zero-order chi connectivity index (χ0) is 22.5. The Hall–Kier alpha value is -3.00. The second kappa shape index (κ2) is 10.1. The molecule has 0 aliphatic carbocycles. The first kappa shape index (κ1) is 22.2. The van der Waals surface area contributed by atoms with Crippen molar-refractivity contribution in [3.63, 3.8) is 0 Å². The minimum atomic E-state index is 0.397. The minimum absolute atomic E-state index is 0.397. The lowest BCUT2D eigenvalue weighted by Crippen LogP contribution is -2.36. The number of hydrogen-bond donors (Lipinski definition) is 1. The molecular weight excluding hydrogens is 447 g/mol. The topological polar surface area (TPSA) is 70.4 Å². The van der Waals surface area contributed by atoms with Gasteiger partial charge in [-0.2, -0.15) is 5.26 Å². The van der Waals surface area contributed by atoms with E-state index in [1.165, 1.54) is 13.3 Å². The largest absolute Gasteiger partial charge is 0.495 e. The Kier molecular flexibility index (Phi) is 6.99. The Morgan fingerprint density at radius 1 is 1.19 bits per heavy atom. The molecule has 32 heavy (non-hydrogen) atoms. The molecule has 8 heteroatoms. The maximum absolute atomic E-state index is 9.62. The average Bonchev–Trinajstić information content (AvgIpc) is 2.81. The summed E-state index contributed by atoms with van der Waals surface area (Å²) in [5.74, 6) is 6.90. The summed E-state index contributed by atoms with van der Waals surface area (Å²) in [7, 11) is 1.53. The monoisotopic (exact) mass is 466 g/mol. The summed E-state index contributed by atoms with van der Waals surface area (Å²) in [5.41, 5.74) is 3.17. The fourth-order valence-corrected chi connectivity index (χ4v) is 3.93. The van der Waals surface area contributed by atoms with Gasteiger partial charge >= 0.3 is 0 Å². The molecular formula is C24H20Cl2N4O2. The van der Waals surface area contributed by atoms with Gasteiger partial charge in [0.15, 0.2) is 0 Å². The molecule has 1 fully saturated rings. The number of halogens is 2. The SMILES string of the molecule is COc1cc(Nc2c(C#N)cnc3cc(C#CCN4CCOCC4)ccc23)c(Cl)cc1Cl. The molecule has 1 aliphatic heterocycles. The summed E-state index contributed by atoms with van der Waals surface area (Å²) >= 11 is 12.5. The number of methoxy groups -OCH3 is 1. The van der Waals surface area contributed by atoms with Crippen molar-refractivity contribution in [2.24, 2.45) is 0 Å². The number of aromatic nitrogens is 1. The van der Waals surface area contributed by atoms with Crippen molar-refractivity contribution in [2.45, 2.75) is 0 Å². The Morgan fingerprint density at radius 2 is 2.00 bits per heavy atom. The lowest BCUT2D eigenvalue weighted by atomic mass is 10.1. The van der Waals surface area contributed by atoms with Crippen molar-refractivity contribution in [1.82, 2.24) is 9.88 Å². The highest BCUT2D eigenvalue weighted by Gasteiger charge is 2.14. The average molecular weight is 467 g/mol. The van der Waals surface area contributed by atoms with Crippen LogP contribution >= 0.6 is 23.2 Å². The molecule has 162 valence electrons. The van der Waals surface area contributed by atoms with Crippen LogP contribution in [0.1, 0.15) is 11.1 Å².